The molecule has 1 aliphatic carbocycles. The number of nitrogens with zero attached hydrogens (tertiary/aromatic N) is 2. The predicted octanol–water partition coefficient (Wildman–Crippen LogP) is 3.41. The molecule has 0 saturated heterocycles. The zero-order valence-electron chi connectivity index (χ0n) is 11.7. The second kappa shape index (κ2) is 6.83. The fourth-order valence-electron chi connectivity index (χ4n) is 2.94. The minimum Gasteiger partial charge on any atom is -0.309 e. The van der Waals surface area contributed by atoms with Gasteiger partial charge in [-0.1, -0.05) is 32.6 Å². The third-order valence-corrected chi connectivity index (χ3v) is 3.91. The largest absolute Gasteiger partial charge is 0.309 e. The van der Waals surface area contributed by atoms with E-state index in [1.54, 1.807) is 0 Å². The van der Waals surface area contributed by atoms with Gasteiger partial charge in [0.2, 0.25) is 0 Å². The van der Waals surface area contributed by atoms with Gasteiger partial charge in [-0.25, -0.2) is 0 Å². The van der Waals surface area contributed by atoms with Crippen LogP contribution in [0.4, 0.5) is 0 Å². The van der Waals surface area contributed by atoms with E-state index in [9.17, 15) is 0 Å². The molecule has 1 heterocycles. The molecule has 1 aromatic heterocycles. The SMILES string of the molecule is CCNC(c1cnc(C)cn1)C1CCCCCC1. The zero-order valence-corrected chi connectivity index (χ0v) is 11.7. The molecule has 100 valence electrons. The lowest BCUT2D eigenvalue weighted by Crippen LogP contribution is -2.29. The van der Waals surface area contributed by atoms with E-state index in [0.717, 1.165) is 23.9 Å². The molecule has 0 amide bonds. The van der Waals surface area contributed by atoms with Crippen LogP contribution in [0.2, 0.25) is 0 Å². The maximum absolute atomic E-state index is 4.58. The van der Waals surface area contributed by atoms with E-state index in [0.29, 0.717) is 6.04 Å². The molecule has 1 aromatic rings. The van der Waals surface area contributed by atoms with E-state index in [1.165, 1.54) is 38.5 Å². The molecule has 0 radical (unpaired) electrons. The molecule has 1 unspecified atom stereocenters. The average Bonchev–Trinajstić information content (AvgIpc) is 2.66. The minimum atomic E-state index is 0.390. The molecule has 2 rings (SSSR count). The van der Waals surface area contributed by atoms with Crippen LogP contribution < -0.4 is 5.32 Å². The molecule has 18 heavy (non-hydrogen) atoms. The van der Waals surface area contributed by atoms with Crippen molar-refractivity contribution in [1.29, 1.82) is 0 Å². The smallest absolute Gasteiger partial charge is 0.0759 e. The molecular weight excluding hydrogens is 222 g/mol. The van der Waals surface area contributed by atoms with Crippen LogP contribution in [0.1, 0.15) is 62.9 Å². The highest BCUT2D eigenvalue weighted by Gasteiger charge is 2.24. The summed E-state index contributed by atoms with van der Waals surface area (Å²) in [6, 6.07) is 0.390. The van der Waals surface area contributed by atoms with E-state index in [4.69, 9.17) is 0 Å². The Bertz CT molecular complexity index is 339. The number of aromatic nitrogens is 2. The van der Waals surface area contributed by atoms with Crippen LogP contribution >= 0.6 is 0 Å². The van der Waals surface area contributed by atoms with Crippen LogP contribution in [0.25, 0.3) is 0 Å². The van der Waals surface area contributed by atoms with Crippen molar-refractivity contribution < 1.29 is 0 Å². The van der Waals surface area contributed by atoms with Gasteiger partial charge >= 0.3 is 0 Å². The molecule has 1 N–H and O–H groups in total. The van der Waals surface area contributed by atoms with Crippen molar-refractivity contribution in [2.75, 3.05) is 6.54 Å². The molecule has 3 nitrogen and oxygen atoms in total. The van der Waals surface area contributed by atoms with E-state index < -0.39 is 0 Å². The Morgan fingerprint density at radius 3 is 2.44 bits per heavy atom. The molecule has 0 aromatic carbocycles. The summed E-state index contributed by atoms with van der Waals surface area (Å²) >= 11 is 0. The van der Waals surface area contributed by atoms with Crippen molar-refractivity contribution in [3.8, 4) is 0 Å². The Morgan fingerprint density at radius 1 is 1.17 bits per heavy atom. The standard InChI is InChI=1S/C15H25N3/c1-3-16-15(13-8-6-4-5-7-9-13)14-11-17-12(2)10-18-14/h10-11,13,15-16H,3-9H2,1-2H3. The molecule has 3 heteroatoms. The number of hydrogen-bond donors (Lipinski definition) is 1. The van der Waals surface area contributed by atoms with Crippen LogP contribution in [-0.2, 0) is 0 Å². The first-order chi connectivity index (χ1) is 8.81. The van der Waals surface area contributed by atoms with Crippen LogP contribution in [-0.4, -0.2) is 16.5 Å². The maximum Gasteiger partial charge on any atom is 0.0759 e. The Hall–Kier alpha value is -0.960. The summed E-state index contributed by atoms with van der Waals surface area (Å²) in [5.41, 5.74) is 2.12. The zero-order chi connectivity index (χ0) is 12.8. The molecular formula is C15H25N3. The summed E-state index contributed by atoms with van der Waals surface area (Å²) in [5, 5.41) is 3.61. The van der Waals surface area contributed by atoms with Crippen molar-refractivity contribution >= 4 is 0 Å². The first-order valence-electron chi connectivity index (χ1n) is 7.33. The lowest BCUT2D eigenvalue weighted by Gasteiger charge is -2.26. The second-order valence-electron chi connectivity index (χ2n) is 5.37. The van der Waals surface area contributed by atoms with Crippen molar-refractivity contribution in [2.24, 2.45) is 5.92 Å². The number of hydrogen-bond acceptors (Lipinski definition) is 3. The molecule has 1 aliphatic rings. The summed E-state index contributed by atoms with van der Waals surface area (Å²) in [4.78, 5) is 8.98. The van der Waals surface area contributed by atoms with Gasteiger partial charge in [-0.15, -0.1) is 0 Å². The van der Waals surface area contributed by atoms with Crippen LogP contribution in [0.3, 0.4) is 0 Å². The summed E-state index contributed by atoms with van der Waals surface area (Å²) in [6.45, 7) is 5.16. The van der Waals surface area contributed by atoms with Gasteiger partial charge in [0.1, 0.15) is 0 Å². The minimum absolute atomic E-state index is 0.390. The number of nitrogens with one attached hydrogen (secondary N) is 1. The summed E-state index contributed by atoms with van der Waals surface area (Å²) in [7, 11) is 0. The van der Waals surface area contributed by atoms with E-state index in [2.05, 4.69) is 22.2 Å². The molecule has 0 aliphatic heterocycles. The normalized spacial score (nSPS) is 19.4. The molecule has 0 spiro atoms. The number of rotatable bonds is 4. The molecule has 1 atom stereocenters. The number of aryl methyl sites for hydroxylation is 1. The highest BCUT2D eigenvalue weighted by molar-refractivity contribution is 5.07. The quantitative estimate of drug-likeness (QED) is 0.829. The fourth-order valence-corrected chi connectivity index (χ4v) is 2.94. The lowest BCUT2D eigenvalue weighted by molar-refractivity contribution is 0.323. The van der Waals surface area contributed by atoms with Crippen molar-refractivity contribution in [1.82, 2.24) is 15.3 Å². The van der Waals surface area contributed by atoms with Gasteiger partial charge in [0.25, 0.3) is 0 Å². The lowest BCUT2D eigenvalue weighted by atomic mass is 9.90. The monoisotopic (exact) mass is 247 g/mol. The van der Waals surface area contributed by atoms with Crippen molar-refractivity contribution in [3.63, 3.8) is 0 Å². The van der Waals surface area contributed by atoms with Gasteiger partial charge in [0.05, 0.1) is 23.6 Å². The maximum atomic E-state index is 4.58. The Morgan fingerprint density at radius 2 is 1.89 bits per heavy atom. The average molecular weight is 247 g/mol. The first kappa shape index (κ1) is 13.5. The molecule has 1 fully saturated rings. The third-order valence-electron chi connectivity index (χ3n) is 3.91. The Balaban J connectivity index is 2.12. The summed E-state index contributed by atoms with van der Waals surface area (Å²) < 4.78 is 0. The molecule has 0 bridgehead atoms. The van der Waals surface area contributed by atoms with Gasteiger partial charge in [-0.2, -0.15) is 0 Å². The summed E-state index contributed by atoms with van der Waals surface area (Å²) in [5.74, 6) is 0.726. The highest BCUT2D eigenvalue weighted by Crippen LogP contribution is 2.32. The highest BCUT2D eigenvalue weighted by atomic mass is 15.0. The first-order valence-corrected chi connectivity index (χ1v) is 7.33. The predicted molar refractivity (Wildman–Crippen MR) is 74.4 cm³/mol. The summed E-state index contributed by atoms with van der Waals surface area (Å²) in [6.07, 6.45) is 12.0. The van der Waals surface area contributed by atoms with Crippen LogP contribution in [0, 0.1) is 12.8 Å². The van der Waals surface area contributed by atoms with Gasteiger partial charge in [0, 0.05) is 6.20 Å². The Labute approximate surface area is 110 Å². The van der Waals surface area contributed by atoms with Gasteiger partial charge in [-0.3, -0.25) is 9.97 Å². The van der Waals surface area contributed by atoms with E-state index >= 15 is 0 Å². The van der Waals surface area contributed by atoms with Gasteiger partial charge in [-0.05, 0) is 32.2 Å². The van der Waals surface area contributed by atoms with Crippen molar-refractivity contribution in [2.45, 2.75) is 58.4 Å². The Kier molecular flexibility index (Phi) is 5.12. The fraction of sp³-hybridized carbons (Fsp3) is 0.733. The van der Waals surface area contributed by atoms with E-state index in [1.807, 2.05) is 19.3 Å². The van der Waals surface area contributed by atoms with Crippen LogP contribution in [0.15, 0.2) is 12.4 Å². The van der Waals surface area contributed by atoms with Crippen LogP contribution in [0.5, 0.6) is 0 Å². The van der Waals surface area contributed by atoms with E-state index in [-0.39, 0.29) is 0 Å². The van der Waals surface area contributed by atoms with Gasteiger partial charge in [0.15, 0.2) is 0 Å². The van der Waals surface area contributed by atoms with Crippen molar-refractivity contribution in [3.05, 3.63) is 23.8 Å². The second-order valence-corrected chi connectivity index (χ2v) is 5.37. The third kappa shape index (κ3) is 3.52. The topological polar surface area (TPSA) is 37.8 Å². The molecule has 1 saturated carbocycles. The van der Waals surface area contributed by atoms with Gasteiger partial charge < -0.3 is 5.32 Å².